The number of carbonyl (C=O) groups is 2. The predicted molar refractivity (Wildman–Crippen MR) is 99.3 cm³/mol. The van der Waals surface area contributed by atoms with Gasteiger partial charge >= 0.3 is 0 Å². The molecule has 1 unspecified atom stereocenters. The lowest BCUT2D eigenvalue weighted by molar-refractivity contribution is -0.128. The van der Waals surface area contributed by atoms with Crippen molar-refractivity contribution in [2.45, 2.75) is 26.7 Å². The van der Waals surface area contributed by atoms with E-state index in [0.717, 1.165) is 16.8 Å². The molecule has 0 spiro atoms. The van der Waals surface area contributed by atoms with Crippen molar-refractivity contribution < 1.29 is 14.0 Å². The van der Waals surface area contributed by atoms with Gasteiger partial charge < -0.3 is 10.2 Å². The van der Waals surface area contributed by atoms with Crippen LogP contribution >= 0.6 is 0 Å². The van der Waals surface area contributed by atoms with Crippen LogP contribution in [-0.2, 0) is 16.0 Å². The monoisotopic (exact) mass is 354 g/mol. The highest BCUT2D eigenvalue weighted by Gasteiger charge is 2.34. The summed E-state index contributed by atoms with van der Waals surface area (Å²) in [5.41, 5.74) is 3.43. The zero-order valence-electron chi connectivity index (χ0n) is 15.1. The van der Waals surface area contributed by atoms with Gasteiger partial charge in [-0.2, -0.15) is 0 Å². The molecule has 0 aromatic heterocycles. The van der Waals surface area contributed by atoms with Crippen molar-refractivity contribution >= 4 is 17.5 Å². The molecule has 1 N–H and O–H groups in total. The first-order valence-corrected chi connectivity index (χ1v) is 8.83. The number of anilines is 1. The van der Waals surface area contributed by atoms with Crippen LogP contribution in [-0.4, -0.2) is 29.8 Å². The standard InChI is InChI=1S/C21H23FN2O2/c1-14-7-8-15(2)19(11-14)23-21(26)17-12-20(25)24(13-17)10-9-16-5-3-4-6-18(16)22/h3-8,11,17H,9-10,12-13H2,1-2H3,(H,23,26). The highest BCUT2D eigenvalue weighted by molar-refractivity contribution is 5.97. The Morgan fingerprint density at radius 1 is 1.23 bits per heavy atom. The third-order valence-corrected chi connectivity index (χ3v) is 4.85. The molecule has 0 aliphatic carbocycles. The molecule has 1 heterocycles. The molecule has 26 heavy (non-hydrogen) atoms. The van der Waals surface area contributed by atoms with Crippen LogP contribution in [0.25, 0.3) is 0 Å². The molecule has 0 saturated carbocycles. The second-order valence-corrected chi connectivity index (χ2v) is 6.89. The second-order valence-electron chi connectivity index (χ2n) is 6.89. The Morgan fingerprint density at radius 2 is 2.00 bits per heavy atom. The number of nitrogens with one attached hydrogen (secondary N) is 1. The lowest BCUT2D eigenvalue weighted by atomic mass is 10.1. The van der Waals surface area contributed by atoms with E-state index in [2.05, 4.69) is 5.32 Å². The maximum atomic E-state index is 13.7. The van der Waals surface area contributed by atoms with Crippen LogP contribution in [0.15, 0.2) is 42.5 Å². The van der Waals surface area contributed by atoms with E-state index in [9.17, 15) is 14.0 Å². The SMILES string of the molecule is Cc1ccc(C)c(NC(=O)C2CC(=O)N(CCc3ccccc3F)C2)c1. The molecular formula is C21H23FN2O2. The molecule has 3 rings (SSSR count). The van der Waals surface area contributed by atoms with Gasteiger partial charge in [-0.1, -0.05) is 30.3 Å². The molecule has 1 atom stereocenters. The largest absolute Gasteiger partial charge is 0.342 e. The van der Waals surface area contributed by atoms with Gasteiger partial charge in [0.25, 0.3) is 0 Å². The van der Waals surface area contributed by atoms with E-state index in [0.29, 0.717) is 25.1 Å². The third kappa shape index (κ3) is 4.10. The normalized spacial score (nSPS) is 16.8. The summed E-state index contributed by atoms with van der Waals surface area (Å²) >= 11 is 0. The van der Waals surface area contributed by atoms with Gasteiger partial charge in [0.2, 0.25) is 11.8 Å². The quantitative estimate of drug-likeness (QED) is 0.894. The Hall–Kier alpha value is -2.69. The van der Waals surface area contributed by atoms with Crippen LogP contribution in [0.1, 0.15) is 23.1 Å². The Labute approximate surface area is 153 Å². The summed E-state index contributed by atoms with van der Waals surface area (Å²) in [7, 11) is 0. The number of likely N-dealkylation sites (tertiary alicyclic amines) is 1. The van der Waals surface area contributed by atoms with Gasteiger partial charge in [-0.15, -0.1) is 0 Å². The van der Waals surface area contributed by atoms with Crippen molar-refractivity contribution in [1.82, 2.24) is 4.90 Å². The summed E-state index contributed by atoms with van der Waals surface area (Å²) in [6.07, 6.45) is 0.651. The zero-order valence-corrected chi connectivity index (χ0v) is 15.1. The molecule has 0 bridgehead atoms. The smallest absolute Gasteiger partial charge is 0.229 e. The number of benzene rings is 2. The number of hydrogen-bond acceptors (Lipinski definition) is 2. The maximum absolute atomic E-state index is 13.7. The van der Waals surface area contributed by atoms with E-state index < -0.39 is 0 Å². The van der Waals surface area contributed by atoms with Crippen LogP contribution < -0.4 is 5.32 Å². The summed E-state index contributed by atoms with van der Waals surface area (Å²) in [5, 5.41) is 2.94. The van der Waals surface area contributed by atoms with Crippen molar-refractivity contribution in [3.8, 4) is 0 Å². The fourth-order valence-corrected chi connectivity index (χ4v) is 3.23. The lowest BCUT2D eigenvalue weighted by Gasteiger charge is -2.17. The van der Waals surface area contributed by atoms with Crippen LogP contribution in [0.4, 0.5) is 10.1 Å². The Kier molecular flexibility index (Phi) is 5.35. The van der Waals surface area contributed by atoms with E-state index in [1.807, 2.05) is 32.0 Å². The summed E-state index contributed by atoms with van der Waals surface area (Å²) in [5.74, 6) is -0.825. The van der Waals surface area contributed by atoms with Gasteiger partial charge in [0, 0.05) is 25.2 Å². The maximum Gasteiger partial charge on any atom is 0.229 e. The summed E-state index contributed by atoms with van der Waals surface area (Å²) in [6.45, 7) is 4.71. The fraction of sp³-hybridized carbons (Fsp3) is 0.333. The molecule has 1 aliphatic heterocycles. The molecule has 0 radical (unpaired) electrons. The zero-order chi connectivity index (χ0) is 18.7. The second kappa shape index (κ2) is 7.68. The average molecular weight is 354 g/mol. The number of halogens is 1. The highest BCUT2D eigenvalue weighted by atomic mass is 19.1. The van der Waals surface area contributed by atoms with Gasteiger partial charge in [-0.3, -0.25) is 9.59 Å². The van der Waals surface area contributed by atoms with Crippen molar-refractivity contribution in [2.75, 3.05) is 18.4 Å². The van der Waals surface area contributed by atoms with E-state index in [4.69, 9.17) is 0 Å². The van der Waals surface area contributed by atoms with Gasteiger partial charge in [0.1, 0.15) is 5.82 Å². The minimum Gasteiger partial charge on any atom is -0.342 e. The highest BCUT2D eigenvalue weighted by Crippen LogP contribution is 2.22. The molecule has 1 saturated heterocycles. The van der Waals surface area contributed by atoms with Crippen LogP contribution in [0.2, 0.25) is 0 Å². The average Bonchev–Trinajstić information content (AvgIpc) is 2.98. The van der Waals surface area contributed by atoms with Gasteiger partial charge in [0.15, 0.2) is 0 Å². The first kappa shape index (κ1) is 18.1. The number of rotatable bonds is 5. The molecule has 136 valence electrons. The molecule has 2 aromatic rings. The molecule has 4 nitrogen and oxygen atoms in total. The number of nitrogens with zero attached hydrogens (tertiary/aromatic N) is 1. The van der Waals surface area contributed by atoms with Crippen LogP contribution in [0, 0.1) is 25.6 Å². The lowest BCUT2D eigenvalue weighted by Crippen LogP contribution is -2.30. The van der Waals surface area contributed by atoms with Crippen molar-refractivity contribution in [2.24, 2.45) is 5.92 Å². The summed E-state index contributed by atoms with van der Waals surface area (Å²) in [4.78, 5) is 26.4. The summed E-state index contributed by atoms with van der Waals surface area (Å²) < 4.78 is 13.7. The molecule has 1 aliphatic rings. The van der Waals surface area contributed by atoms with Gasteiger partial charge in [-0.25, -0.2) is 4.39 Å². The van der Waals surface area contributed by atoms with Crippen LogP contribution in [0.5, 0.6) is 0 Å². The topological polar surface area (TPSA) is 49.4 Å². The molecule has 5 heteroatoms. The minimum atomic E-state index is -0.372. The Morgan fingerprint density at radius 3 is 2.77 bits per heavy atom. The van der Waals surface area contributed by atoms with Crippen molar-refractivity contribution in [1.29, 1.82) is 0 Å². The molecule has 2 aromatic carbocycles. The van der Waals surface area contributed by atoms with E-state index in [1.54, 1.807) is 23.1 Å². The predicted octanol–water partition coefficient (Wildman–Crippen LogP) is 3.47. The number of carbonyl (C=O) groups excluding carboxylic acids is 2. The molecule has 1 fully saturated rings. The third-order valence-electron chi connectivity index (χ3n) is 4.85. The van der Waals surface area contributed by atoms with Crippen molar-refractivity contribution in [3.63, 3.8) is 0 Å². The Balaban J connectivity index is 1.59. The number of hydrogen-bond donors (Lipinski definition) is 1. The van der Waals surface area contributed by atoms with Gasteiger partial charge in [0.05, 0.1) is 5.92 Å². The molecular weight excluding hydrogens is 331 g/mol. The van der Waals surface area contributed by atoms with E-state index >= 15 is 0 Å². The number of aryl methyl sites for hydroxylation is 2. The Bertz CT molecular complexity index is 835. The first-order valence-electron chi connectivity index (χ1n) is 8.83. The number of amides is 2. The van der Waals surface area contributed by atoms with Crippen molar-refractivity contribution in [3.05, 3.63) is 65.0 Å². The summed E-state index contributed by atoms with van der Waals surface area (Å²) in [6, 6.07) is 12.5. The van der Waals surface area contributed by atoms with Gasteiger partial charge in [-0.05, 0) is 49.1 Å². The molecule has 2 amide bonds. The fourth-order valence-electron chi connectivity index (χ4n) is 3.23. The van der Waals surface area contributed by atoms with E-state index in [-0.39, 0.29) is 30.0 Å². The minimum absolute atomic E-state index is 0.0533. The van der Waals surface area contributed by atoms with Crippen LogP contribution in [0.3, 0.4) is 0 Å². The first-order chi connectivity index (χ1) is 12.4. The van der Waals surface area contributed by atoms with E-state index in [1.165, 1.54) is 6.07 Å².